The van der Waals surface area contributed by atoms with Gasteiger partial charge in [0.1, 0.15) is 4.99 Å². The van der Waals surface area contributed by atoms with E-state index < -0.39 is 0 Å². The largest absolute Gasteiger partial charge is 0.389 e. The Labute approximate surface area is 131 Å². The second kappa shape index (κ2) is 6.09. The van der Waals surface area contributed by atoms with E-state index in [0.29, 0.717) is 15.6 Å². The summed E-state index contributed by atoms with van der Waals surface area (Å²) in [5.41, 5.74) is 7.30. The van der Waals surface area contributed by atoms with Crippen molar-refractivity contribution in [3.8, 4) is 0 Å². The van der Waals surface area contributed by atoms with E-state index in [2.05, 4.69) is 4.90 Å². The highest BCUT2D eigenvalue weighted by atomic mass is 35.5. The molecule has 0 unspecified atom stereocenters. The second-order valence-corrected chi connectivity index (χ2v) is 6.74. The summed E-state index contributed by atoms with van der Waals surface area (Å²) in [6, 6.07) is 9.59. The highest BCUT2D eigenvalue weighted by Gasteiger charge is 2.08. The number of benzene rings is 1. The zero-order valence-electron chi connectivity index (χ0n) is 10.2. The Bertz CT molecular complexity index is 610. The minimum Gasteiger partial charge on any atom is -0.389 e. The molecule has 0 bridgehead atoms. The van der Waals surface area contributed by atoms with Crippen molar-refractivity contribution in [3.63, 3.8) is 0 Å². The van der Waals surface area contributed by atoms with Gasteiger partial charge >= 0.3 is 0 Å². The normalized spacial score (nSPS) is 10.5. The Morgan fingerprint density at radius 1 is 1.32 bits per heavy atom. The van der Waals surface area contributed by atoms with Crippen LogP contribution in [-0.4, -0.2) is 12.0 Å². The van der Waals surface area contributed by atoms with E-state index in [4.69, 9.17) is 41.2 Å². The third-order valence-corrected chi connectivity index (χ3v) is 4.43. The summed E-state index contributed by atoms with van der Waals surface area (Å²) in [7, 11) is 2.00. The van der Waals surface area contributed by atoms with Gasteiger partial charge in [-0.2, -0.15) is 0 Å². The molecular weight excluding hydrogens is 319 g/mol. The summed E-state index contributed by atoms with van der Waals surface area (Å²) in [5.74, 6) is 0. The lowest BCUT2D eigenvalue weighted by molar-refractivity contribution is 0.940. The Hall–Kier alpha value is -0.810. The number of thiocarbonyl (C=S) groups is 1. The SMILES string of the molecule is CN(Cc1ccc(Cl)s1)c1ccc(C(N)=S)c(Cl)c1. The minimum atomic E-state index is 0.309. The Kier molecular flexibility index (Phi) is 4.68. The molecule has 2 nitrogen and oxygen atoms in total. The quantitative estimate of drug-likeness (QED) is 0.846. The van der Waals surface area contributed by atoms with Crippen molar-refractivity contribution in [2.24, 2.45) is 5.73 Å². The first-order valence-corrected chi connectivity index (χ1v) is 7.50. The van der Waals surface area contributed by atoms with Crippen molar-refractivity contribution in [1.82, 2.24) is 0 Å². The molecule has 6 heteroatoms. The summed E-state index contributed by atoms with van der Waals surface area (Å²) in [4.78, 5) is 3.60. The number of halogens is 2. The molecule has 19 heavy (non-hydrogen) atoms. The van der Waals surface area contributed by atoms with Crippen LogP contribution >= 0.6 is 46.8 Å². The topological polar surface area (TPSA) is 29.3 Å². The lowest BCUT2D eigenvalue weighted by Gasteiger charge is -2.19. The van der Waals surface area contributed by atoms with E-state index in [1.54, 1.807) is 11.3 Å². The van der Waals surface area contributed by atoms with Crippen LogP contribution in [0, 0.1) is 0 Å². The van der Waals surface area contributed by atoms with Gasteiger partial charge in [0.2, 0.25) is 0 Å². The average Bonchev–Trinajstić information content (AvgIpc) is 2.74. The van der Waals surface area contributed by atoms with Crippen LogP contribution in [0.2, 0.25) is 9.36 Å². The summed E-state index contributed by atoms with van der Waals surface area (Å²) < 4.78 is 0.797. The molecule has 0 atom stereocenters. The van der Waals surface area contributed by atoms with E-state index in [1.807, 2.05) is 37.4 Å². The molecule has 1 aromatic heterocycles. The molecule has 2 N–H and O–H groups in total. The molecule has 0 amide bonds. The molecule has 0 fully saturated rings. The van der Waals surface area contributed by atoms with Crippen molar-refractivity contribution in [1.29, 1.82) is 0 Å². The predicted molar refractivity (Wildman–Crippen MR) is 88.8 cm³/mol. The molecule has 0 aliphatic carbocycles. The van der Waals surface area contributed by atoms with Gasteiger partial charge in [0.15, 0.2) is 0 Å². The van der Waals surface area contributed by atoms with Crippen LogP contribution in [0.5, 0.6) is 0 Å². The molecule has 0 radical (unpaired) electrons. The van der Waals surface area contributed by atoms with Gasteiger partial charge in [0.25, 0.3) is 0 Å². The van der Waals surface area contributed by atoms with Crippen molar-refractivity contribution >= 4 is 57.4 Å². The fourth-order valence-corrected chi connectivity index (χ4v) is 3.35. The maximum absolute atomic E-state index is 6.16. The maximum Gasteiger partial charge on any atom is 0.105 e. The summed E-state index contributed by atoms with van der Waals surface area (Å²) in [5, 5.41) is 0.570. The average molecular weight is 331 g/mol. The highest BCUT2D eigenvalue weighted by molar-refractivity contribution is 7.80. The van der Waals surface area contributed by atoms with Crippen LogP contribution in [0.25, 0.3) is 0 Å². The smallest absolute Gasteiger partial charge is 0.105 e. The van der Waals surface area contributed by atoms with Crippen LogP contribution in [0.4, 0.5) is 5.69 Å². The molecular formula is C13H12Cl2N2S2. The van der Waals surface area contributed by atoms with Gasteiger partial charge in [-0.3, -0.25) is 0 Å². The predicted octanol–water partition coefficient (Wildman–Crippen LogP) is 4.33. The third kappa shape index (κ3) is 3.60. The number of hydrogen-bond acceptors (Lipinski definition) is 3. The molecule has 100 valence electrons. The van der Waals surface area contributed by atoms with Crippen LogP contribution in [-0.2, 0) is 6.54 Å². The van der Waals surface area contributed by atoms with Gasteiger partial charge in [-0.25, -0.2) is 0 Å². The molecule has 2 rings (SSSR count). The zero-order valence-corrected chi connectivity index (χ0v) is 13.3. The minimum absolute atomic E-state index is 0.309. The first-order valence-electron chi connectivity index (χ1n) is 5.52. The Balaban J connectivity index is 2.17. The second-order valence-electron chi connectivity index (χ2n) is 4.09. The number of anilines is 1. The maximum atomic E-state index is 6.16. The lowest BCUT2D eigenvalue weighted by Crippen LogP contribution is -2.16. The summed E-state index contributed by atoms with van der Waals surface area (Å²) >= 11 is 18.6. The van der Waals surface area contributed by atoms with Crippen molar-refractivity contribution in [3.05, 3.63) is 50.1 Å². The number of nitrogens with two attached hydrogens (primary N) is 1. The third-order valence-electron chi connectivity index (χ3n) is 2.68. The molecule has 1 aromatic carbocycles. The zero-order chi connectivity index (χ0) is 14.0. The molecule has 0 aliphatic rings. The van der Waals surface area contributed by atoms with E-state index in [0.717, 1.165) is 16.6 Å². The van der Waals surface area contributed by atoms with Crippen LogP contribution in [0.3, 0.4) is 0 Å². The standard InChI is InChI=1S/C13H12Cl2N2S2/c1-17(7-9-3-5-12(15)19-9)8-2-4-10(13(16)18)11(14)6-8/h2-6H,7H2,1H3,(H2,16,18). The monoisotopic (exact) mass is 330 g/mol. The number of thiophene rings is 1. The van der Waals surface area contributed by atoms with E-state index in [9.17, 15) is 0 Å². The lowest BCUT2D eigenvalue weighted by atomic mass is 10.2. The molecule has 0 aliphatic heterocycles. The van der Waals surface area contributed by atoms with E-state index >= 15 is 0 Å². The van der Waals surface area contributed by atoms with Gasteiger partial charge in [-0.1, -0.05) is 35.4 Å². The van der Waals surface area contributed by atoms with Crippen LogP contribution in [0.15, 0.2) is 30.3 Å². The number of rotatable bonds is 4. The van der Waals surface area contributed by atoms with Gasteiger partial charge in [0.05, 0.1) is 15.9 Å². The van der Waals surface area contributed by atoms with Crippen LogP contribution in [0.1, 0.15) is 10.4 Å². The molecule has 0 saturated heterocycles. The molecule has 0 saturated carbocycles. The first-order chi connectivity index (χ1) is 8.97. The van der Waals surface area contributed by atoms with Gasteiger partial charge in [-0.05, 0) is 30.3 Å². The van der Waals surface area contributed by atoms with E-state index in [-0.39, 0.29) is 0 Å². The van der Waals surface area contributed by atoms with Crippen molar-refractivity contribution < 1.29 is 0 Å². The van der Waals surface area contributed by atoms with Gasteiger partial charge < -0.3 is 10.6 Å². The van der Waals surface area contributed by atoms with Crippen LogP contribution < -0.4 is 10.6 Å². The molecule has 2 aromatic rings. The fraction of sp³-hybridized carbons (Fsp3) is 0.154. The summed E-state index contributed by atoms with van der Waals surface area (Å²) in [6.07, 6.45) is 0. The van der Waals surface area contributed by atoms with E-state index in [1.165, 1.54) is 4.88 Å². The highest BCUT2D eigenvalue weighted by Crippen LogP contribution is 2.27. The fourth-order valence-electron chi connectivity index (χ4n) is 1.70. The Morgan fingerprint density at radius 3 is 2.58 bits per heavy atom. The van der Waals surface area contributed by atoms with Gasteiger partial charge in [-0.15, -0.1) is 11.3 Å². The molecule has 0 spiro atoms. The Morgan fingerprint density at radius 2 is 2.05 bits per heavy atom. The first kappa shape index (κ1) is 14.6. The number of hydrogen-bond donors (Lipinski definition) is 1. The molecule has 1 heterocycles. The van der Waals surface area contributed by atoms with Gasteiger partial charge in [0, 0.05) is 23.2 Å². The number of nitrogens with zero attached hydrogens (tertiary/aromatic N) is 1. The van der Waals surface area contributed by atoms with Crippen molar-refractivity contribution in [2.45, 2.75) is 6.54 Å². The summed E-state index contributed by atoms with van der Waals surface area (Å²) in [6.45, 7) is 0.778. The van der Waals surface area contributed by atoms with Crippen molar-refractivity contribution in [2.75, 3.05) is 11.9 Å².